The number of ketones is 1. The van der Waals surface area contributed by atoms with Crippen LogP contribution in [0.1, 0.15) is 43.0 Å². The number of halogens is 1. The lowest BCUT2D eigenvalue weighted by atomic mass is 9.92. The second kappa shape index (κ2) is 11.7. The first-order valence-corrected chi connectivity index (χ1v) is 9.38. The molecule has 0 saturated carbocycles. The van der Waals surface area contributed by atoms with Gasteiger partial charge in [0, 0.05) is 37.5 Å². The van der Waals surface area contributed by atoms with Gasteiger partial charge in [-0.25, -0.2) is 0 Å². The summed E-state index contributed by atoms with van der Waals surface area (Å²) in [7, 11) is 1.55. The summed E-state index contributed by atoms with van der Waals surface area (Å²) < 4.78 is 5.05. The van der Waals surface area contributed by atoms with Gasteiger partial charge in [-0.1, -0.05) is 6.92 Å². The third-order valence-corrected chi connectivity index (χ3v) is 4.99. The van der Waals surface area contributed by atoms with E-state index >= 15 is 0 Å². The highest BCUT2D eigenvalue weighted by Crippen LogP contribution is 2.22. The predicted molar refractivity (Wildman–Crippen MR) is 110 cm³/mol. The van der Waals surface area contributed by atoms with Crippen LogP contribution in [0.15, 0.2) is 24.3 Å². The lowest BCUT2D eigenvalue weighted by Gasteiger charge is -2.38. The molecule has 0 aromatic heterocycles. The molecule has 0 spiro atoms. The summed E-state index contributed by atoms with van der Waals surface area (Å²) in [4.78, 5) is 38.3. The molecule has 2 rings (SSSR count). The standard InChI is InChI=1S/C20H29N3O4.ClH/c1-14-9-10-23(16(11-14)12-21)20(26)8-7-19(25)22-13-18(24)15-3-5-17(27-2)6-4-15;/h3-6,14,16H,7-13,21H2,1-2H3,(H,22,25);1H. The van der Waals surface area contributed by atoms with Crippen LogP contribution >= 0.6 is 12.4 Å². The van der Waals surface area contributed by atoms with Gasteiger partial charge in [-0.15, -0.1) is 12.4 Å². The zero-order valence-corrected chi connectivity index (χ0v) is 17.3. The van der Waals surface area contributed by atoms with Crippen molar-refractivity contribution in [1.82, 2.24) is 10.2 Å². The van der Waals surface area contributed by atoms with Crippen molar-refractivity contribution in [1.29, 1.82) is 0 Å². The normalized spacial score (nSPS) is 18.8. The molecule has 0 bridgehead atoms. The molecule has 3 N–H and O–H groups in total. The number of carbonyl (C=O) groups excluding carboxylic acids is 3. The van der Waals surface area contributed by atoms with Crippen molar-refractivity contribution >= 4 is 30.0 Å². The average molecular weight is 412 g/mol. The molecule has 2 unspecified atom stereocenters. The van der Waals surface area contributed by atoms with Crippen molar-refractivity contribution in [2.24, 2.45) is 11.7 Å². The van der Waals surface area contributed by atoms with E-state index in [1.165, 1.54) is 0 Å². The maximum Gasteiger partial charge on any atom is 0.223 e. The number of likely N-dealkylation sites (tertiary alicyclic amines) is 1. The number of ether oxygens (including phenoxy) is 1. The van der Waals surface area contributed by atoms with Gasteiger partial charge in [0.15, 0.2) is 5.78 Å². The summed E-state index contributed by atoms with van der Waals surface area (Å²) in [6, 6.07) is 6.76. The van der Waals surface area contributed by atoms with E-state index in [0.717, 1.165) is 12.8 Å². The number of benzene rings is 1. The molecule has 156 valence electrons. The third-order valence-electron chi connectivity index (χ3n) is 4.99. The Morgan fingerprint density at radius 2 is 1.89 bits per heavy atom. The van der Waals surface area contributed by atoms with Crippen LogP contribution in [0.2, 0.25) is 0 Å². The molecule has 2 atom stereocenters. The predicted octanol–water partition coefficient (Wildman–Crippen LogP) is 1.78. The van der Waals surface area contributed by atoms with E-state index in [4.69, 9.17) is 10.5 Å². The van der Waals surface area contributed by atoms with Gasteiger partial charge < -0.3 is 20.7 Å². The fourth-order valence-corrected chi connectivity index (χ4v) is 3.31. The quantitative estimate of drug-likeness (QED) is 0.635. The number of Topliss-reactive ketones (excluding diaryl/α,β-unsaturated/α-hetero) is 1. The first-order valence-electron chi connectivity index (χ1n) is 9.38. The SMILES string of the molecule is COc1ccc(C(=O)CNC(=O)CCC(=O)N2CCC(C)CC2CN)cc1.Cl. The minimum atomic E-state index is -0.306. The van der Waals surface area contributed by atoms with Crippen molar-refractivity contribution in [3.05, 3.63) is 29.8 Å². The second-order valence-electron chi connectivity index (χ2n) is 7.03. The molecule has 2 amide bonds. The van der Waals surface area contributed by atoms with E-state index in [-0.39, 0.29) is 55.4 Å². The topological polar surface area (TPSA) is 102 Å². The fourth-order valence-electron chi connectivity index (χ4n) is 3.31. The van der Waals surface area contributed by atoms with Crippen LogP contribution in [0.25, 0.3) is 0 Å². The Morgan fingerprint density at radius 3 is 2.50 bits per heavy atom. The van der Waals surface area contributed by atoms with Crippen LogP contribution in [0.3, 0.4) is 0 Å². The Kier molecular flexibility index (Phi) is 9.96. The molecule has 1 aliphatic rings. The maximum absolute atomic E-state index is 12.4. The lowest BCUT2D eigenvalue weighted by Crippen LogP contribution is -2.49. The van der Waals surface area contributed by atoms with Crippen molar-refractivity contribution in [2.75, 3.05) is 26.7 Å². The lowest BCUT2D eigenvalue weighted by molar-refractivity contribution is -0.137. The number of methoxy groups -OCH3 is 1. The number of rotatable bonds is 8. The highest BCUT2D eigenvalue weighted by molar-refractivity contribution is 5.99. The van der Waals surface area contributed by atoms with Crippen LogP contribution in [0, 0.1) is 5.92 Å². The van der Waals surface area contributed by atoms with Crippen LogP contribution < -0.4 is 15.8 Å². The van der Waals surface area contributed by atoms with Gasteiger partial charge in [-0.2, -0.15) is 0 Å². The highest BCUT2D eigenvalue weighted by Gasteiger charge is 2.28. The number of hydrogen-bond donors (Lipinski definition) is 2. The number of carbonyl (C=O) groups is 3. The maximum atomic E-state index is 12.4. The molecular formula is C20H30ClN3O4. The van der Waals surface area contributed by atoms with Gasteiger partial charge in [0.05, 0.1) is 13.7 Å². The Hall–Kier alpha value is -2.12. The fraction of sp³-hybridized carbons (Fsp3) is 0.550. The Labute approximate surface area is 172 Å². The summed E-state index contributed by atoms with van der Waals surface area (Å²) >= 11 is 0. The minimum Gasteiger partial charge on any atom is -0.497 e. The molecule has 1 heterocycles. The van der Waals surface area contributed by atoms with E-state index in [0.29, 0.717) is 30.3 Å². The largest absolute Gasteiger partial charge is 0.497 e. The smallest absolute Gasteiger partial charge is 0.223 e. The van der Waals surface area contributed by atoms with Crippen LogP contribution in [0.4, 0.5) is 0 Å². The average Bonchev–Trinajstić information content (AvgIpc) is 2.70. The molecule has 1 aliphatic heterocycles. The minimum absolute atomic E-state index is 0. The second-order valence-corrected chi connectivity index (χ2v) is 7.03. The van der Waals surface area contributed by atoms with Gasteiger partial charge in [0.25, 0.3) is 0 Å². The molecule has 0 radical (unpaired) electrons. The number of nitrogens with two attached hydrogens (primary N) is 1. The summed E-state index contributed by atoms with van der Waals surface area (Å²) in [5.74, 6) is 0.686. The van der Waals surface area contributed by atoms with Gasteiger partial charge in [-0.3, -0.25) is 14.4 Å². The Bertz CT molecular complexity index is 666. The number of piperidine rings is 1. The Balaban J connectivity index is 0.00000392. The van der Waals surface area contributed by atoms with Crippen molar-refractivity contribution in [3.8, 4) is 5.75 Å². The van der Waals surface area contributed by atoms with Crippen molar-refractivity contribution in [2.45, 2.75) is 38.6 Å². The van der Waals surface area contributed by atoms with Crippen molar-refractivity contribution < 1.29 is 19.1 Å². The molecular weight excluding hydrogens is 382 g/mol. The number of nitrogens with one attached hydrogen (secondary N) is 1. The summed E-state index contributed by atoms with van der Waals surface area (Å²) in [6.45, 7) is 3.21. The van der Waals surface area contributed by atoms with Crippen LogP contribution in [-0.4, -0.2) is 55.3 Å². The van der Waals surface area contributed by atoms with E-state index in [1.807, 2.05) is 0 Å². The van der Waals surface area contributed by atoms with E-state index < -0.39 is 0 Å². The molecule has 8 heteroatoms. The first-order chi connectivity index (χ1) is 12.9. The molecule has 7 nitrogen and oxygen atoms in total. The number of nitrogens with zero attached hydrogens (tertiary/aromatic N) is 1. The van der Waals surface area contributed by atoms with Crippen molar-refractivity contribution in [3.63, 3.8) is 0 Å². The molecule has 1 saturated heterocycles. The zero-order valence-electron chi connectivity index (χ0n) is 16.5. The summed E-state index contributed by atoms with van der Waals surface area (Å²) in [5.41, 5.74) is 6.29. The van der Waals surface area contributed by atoms with Crippen LogP contribution in [0.5, 0.6) is 5.75 Å². The third kappa shape index (κ3) is 6.80. The molecule has 1 aromatic carbocycles. The zero-order chi connectivity index (χ0) is 19.8. The number of hydrogen-bond acceptors (Lipinski definition) is 5. The van der Waals surface area contributed by atoms with E-state index in [9.17, 15) is 14.4 Å². The monoisotopic (exact) mass is 411 g/mol. The summed E-state index contributed by atoms with van der Waals surface area (Å²) in [5, 5.41) is 2.58. The Morgan fingerprint density at radius 1 is 1.21 bits per heavy atom. The highest BCUT2D eigenvalue weighted by atomic mass is 35.5. The van der Waals surface area contributed by atoms with E-state index in [1.54, 1.807) is 36.3 Å². The first kappa shape index (κ1) is 23.9. The summed E-state index contributed by atoms with van der Waals surface area (Å²) in [6.07, 6.45) is 2.07. The van der Waals surface area contributed by atoms with E-state index in [2.05, 4.69) is 12.2 Å². The van der Waals surface area contributed by atoms with Gasteiger partial charge in [0.2, 0.25) is 11.8 Å². The molecule has 0 aliphatic carbocycles. The van der Waals surface area contributed by atoms with Gasteiger partial charge in [-0.05, 0) is 43.0 Å². The molecule has 1 aromatic rings. The molecule has 1 fully saturated rings. The van der Waals surface area contributed by atoms with Gasteiger partial charge in [0.1, 0.15) is 5.75 Å². The van der Waals surface area contributed by atoms with Gasteiger partial charge >= 0.3 is 0 Å². The number of amides is 2. The molecule has 28 heavy (non-hydrogen) atoms. The van der Waals surface area contributed by atoms with Crippen LogP contribution in [-0.2, 0) is 9.59 Å².